The summed E-state index contributed by atoms with van der Waals surface area (Å²) < 4.78 is 11.8. The number of hydrazine groups is 1. The molecule has 140 valence electrons. The van der Waals surface area contributed by atoms with Gasteiger partial charge in [-0.15, -0.1) is 0 Å². The molecule has 0 bridgehead atoms. The summed E-state index contributed by atoms with van der Waals surface area (Å²) in [5.41, 5.74) is 0.0233. The summed E-state index contributed by atoms with van der Waals surface area (Å²) in [5.74, 6) is 5.56. The van der Waals surface area contributed by atoms with Crippen LogP contribution in [0.15, 0.2) is 0 Å². The Bertz CT molecular complexity index is 236. The van der Waals surface area contributed by atoms with E-state index in [0.29, 0.717) is 19.8 Å². The first-order valence-corrected chi connectivity index (χ1v) is 9.71. The maximum absolute atomic E-state index is 6.23. The number of rotatable bonds is 17. The van der Waals surface area contributed by atoms with Crippen LogP contribution in [0.4, 0.5) is 0 Å². The van der Waals surface area contributed by atoms with Crippen LogP contribution in [0.5, 0.6) is 0 Å². The Morgan fingerprint density at radius 3 is 1.87 bits per heavy atom. The predicted octanol–water partition coefficient (Wildman–Crippen LogP) is 4.52. The van der Waals surface area contributed by atoms with Gasteiger partial charge in [-0.1, -0.05) is 65.2 Å². The molecular formula is C19H42N2O2. The number of unbranched alkanes of at least 4 members (excludes halogenated alkanes) is 6. The van der Waals surface area contributed by atoms with Crippen LogP contribution in [0.3, 0.4) is 0 Å². The van der Waals surface area contributed by atoms with Crippen LogP contribution in [0, 0.1) is 0 Å². The third kappa shape index (κ3) is 15.1. The van der Waals surface area contributed by atoms with Crippen molar-refractivity contribution >= 4 is 0 Å². The normalized spacial score (nSPS) is 12.3. The van der Waals surface area contributed by atoms with Crippen LogP contribution in [0.2, 0.25) is 0 Å². The highest BCUT2D eigenvalue weighted by Crippen LogP contribution is 2.26. The molecule has 0 unspecified atom stereocenters. The Kier molecular flexibility index (Phi) is 15.3. The van der Waals surface area contributed by atoms with E-state index >= 15 is 0 Å². The Balaban J connectivity index is 3.98. The second kappa shape index (κ2) is 15.4. The number of nitrogens with zero attached hydrogens (tertiary/aromatic N) is 1. The molecule has 0 aliphatic rings. The lowest BCUT2D eigenvalue weighted by Crippen LogP contribution is -2.32. The minimum absolute atomic E-state index is 0.0233. The Morgan fingerprint density at radius 1 is 0.826 bits per heavy atom. The van der Waals surface area contributed by atoms with E-state index in [2.05, 4.69) is 20.8 Å². The van der Waals surface area contributed by atoms with Crippen LogP contribution >= 0.6 is 0 Å². The molecule has 2 N–H and O–H groups in total. The van der Waals surface area contributed by atoms with Crippen LogP contribution in [-0.4, -0.2) is 44.0 Å². The third-order valence-electron chi connectivity index (χ3n) is 4.38. The molecule has 0 radical (unpaired) electrons. The highest BCUT2D eigenvalue weighted by Gasteiger charge is 2.23. The maximum Gasteiger partial charge on any atom is 0.0707 e. The average molecular weight is 331 g/mol. The van der Waals surface area contributed by atoms with Crippen molar-refractivity contribution in [3.8, 4) is 0 Å². The topological polar surface area (TPSA) is 47.7 Å². The molecule has 0 atom stereocenters. The summed E-state index contributed by atoms with van der Waals surface area (Å²) in [6.07, 6.45) is 12.8. The van der Waals surface area contributed by atoms with E-state index in [0.717, 1.165) is 6.54 Å². The highest BCUT2D eigenvalue weighted by molar-refractivity contribution is 4.75. The summed E-state index contributed by atoms with van der Waals surface area (Å²) in [6, 6.07) is 0. The van der Waals surface area contributed by atoms with Crippen molar-refractivity contribution in [3.05, 3.63) is 0 Å². The van der Waals surface area contributed by atoms with Crippen molar-refractivity contribution < 1.29 is 9.47 Å². The average Bonchev–Trinajstić information content (AvgIpc) is 2.52. The molecule has 0 rings (SSSR count). The van der Waals surface area contributed by atoms with E-state index in [9.17, 15) is 0 Å². The van der Waals surface area contributed by atoms with E-state index in [1.165, 1.54) is 64.2 Å². The fourth-order valence-electron chi connectivity index (χ4n) is 2.78. The second-order valence-electron chi connectivity index (χ2n) is 7.01. The molecular weight excluding hydrogens is 288 g/mol. The SMILES string of the molecule is CCCCCCC(C)(CCCCCC)OCCOCCN(C)N. The summed E-state index contributed by atoms with van der Waals surface area (Å²) in [7, 11) is 1.85. The Hall–Kier alpha value is -0.160. The van der Waals surface area contributed by atoms with Gasteiger partial charge < -0.3 is 9.47 Å². The van der Waals surface area contributed by atoms with Crippen LogP contribution in [0.25, 0.3) is 0 Å². The molecule has 0 spiro atoms. The molecule has 0 saturated carbocycles. The van der Waals surface area contributed by atoms with Gasteiger partial charge in [0.1, 0.15) is 0 Å². The van der Waals surface area contributed by atoms with Crippen LogP contribution in [-0.2, 0) is 9.47 Å². The van der Waals surface area contributed by atoms with Gasteiger partial charge in [0.15, 0.2) is 0 Å². The zero-order valence-electron chi connectivity index (χ0n) is 16.2. The standard InChI is InChI=1S/C19H42N2O2/c1-5-7-9-11-13-19(3,14-12-10-8-6-2)23-18-17-22-16-15-21(4)20/h5-18,20H2,1-4H3. The lowest BCUT2D eigenvalue weighted by molar-refractivity contribution is -0.0693. The van der Waals surface area contributed by atoms with Gasteiger partial charge in [-0.25, -0.2) is 5.01 Å². The van der Waals surface area contributed by atoms with Crippen LogP contribution in [0.1, 0.15) is 85.0 Å². The molecule has 0 heterocycles. The second-order valence-corrected chi connectivity index (χ2v) is 7.01. The number of hydrogen-bond acceptors (Lipinski definition) is 4. The van der Waals surface area contributed by atoms with E-state index < -0.39 is 0 Å². The zero-order chi connectivity index (χ0) is 17.4. The lowest BCUT2D eigenvalue weighted by atomic mass is 9.91. The van der Waals surface area contributed by atoms with Crippen molar-refractivity contribution in [2.45, 2.75) is 90.6 Å². The van der Waals surface area contributed by atoms with Gasteiger partial charge in [-0.2, -0.15) is 0 Å². The summed E-state index contributed by atoms with van der Waals surface area (Å²) in [5, 5.41) is 1.65. The molecule has 0 fully saturated rings. The zero-order valence-corrected chi connectivity index (χ0v) is 16.2. The van der Waals surface area contributed by atoms with E-state index in [-0.39, 0.29) is 5.60 Å². The van der Waals surface area contributed by atoms with Gasteiger partial charge in [0.2, 0.25) is 0 Å². The van der Waals surface area contributed by atoms with Crippen molar-refractivity contribution in [1.82, 2.24) is 5.01 Å². The summed E-state index contributed by atoms with van der Waals surface area (Å²) in [4.78, 5) is 0. The van der Waals surface area contributed by atoms with Gasteiger partial charge in [-0.3, -0.25) is 5.84 Å². The van der Waals surface area contributed by atoms with Crippen molar-refractivity contribution in [2.75, 3.05) is 33.4 Å². The fourth-order valence-corrected chi connectivity index (χ4v) is 2.78. The van der Waals surface area contributed by atoms with Crippen molar-refractivity contribution in [1.29, 1.82) is 0 Å². The van der Waals surface area contributed by atoms with Crippen LogP contribution < -0.4 is 5.84 Å². The number of hydrogen-bond donors (Lipinski definition) is 1. The number of nitrogens with two attached hydrogens (primary N) is 1. The minimum atomic E-state index is 0.0233. The van der Waals surface area contributed by atoms with Gasteiger partial charge in [0, 0.05) is 13.6 Å². The smallest absolute Gasteiger partial charge is 0.0707 e. The fraction of sp³-hybridized carbons (Fsp3) is 1.00. The Morgan fingerprint density at radius 2 is 1.39 bits per heavy atom. The van der Waals surface area contributed by atoms with E-state index in [1.54, 1.807) is 5.01 Å². The molecule has 0 saturated heterocycles. The van der Waals surface area contributed by atoms with E-state index in [1.807, 2.05) is 7.05 Å². The highest BCUT2D eigenvalue weighted by atomic mass is 16.5. The Labute approximate surface area is 145 Å². The quantitative estimate of drug-likeness (QED) is 0.242. The van der Waals surface area contributed by atoms with Gasteiger partial charge in [-0.05, 0) is 19.8 Å². The molecule has 0 amide bonds. The predicted molar refractivity (Wildman–Crippen MR) is 99.5 cm³/mol. The minimum Gasteiger partial charge on any atom is -0.378 e. The monoisotopic (exact) mass is 330 g/mol. The molecule has 0 aliphatic carbocycles. The van der Waals surface area contributed by atoms with Gasteiger partial charge in [0.25, 0.3) is 0 Å². The molecule has 0 aliphatic heterocycles. The van der Waals surface area contributed by atoms with Gasteiger partial charge >= 0.3 is 0 Å². The first kappa shape index (κ1) is 22.8. The third-order valence-corrected chi connectivity index (χ3v) is 4.38. The molecule has 23 heavy (non-hydrogen) atoms. The lowest BCUT2D eigenvalue weighted by Gasteiger charge is -2.30. The van der Waals surface area contributed by atoms with E-state index in [4.69, 9.17) is 15.3 Å². The van der Waals surface area contributed by atoms with Gasteiger partial charge in [0.05, 0.1) is 25.4 Å². The summed E-state index contributed by atoms with van der Waals surface area (Å²) >= 11 is 0. The summed E-state index contributed by atoms with van der Waals surface area (Å²) in [6.45, 7) is 9.58. The largest absolute Gasteiger partial charge is 0.378 e. The molecule has 4 nitrogen and oxygen atoms in total. The number of ether oxygens (including phenoxy) is 2. The molecule has 4 heteroatoms. The first-order valence-electron chi connectivity index (χ1n) is 9.71. The van der Waals surface area contributed by atoms with Crippen molar-refractivity contribution in [3.63, 3.8) is 0 Å². The molecule has 0 aromatic heterocycles. The number of likely N-dealkylation sites (N-methyl/N-ethyl adjacent to an activating group) is 1. The molecule has 0 aromatic rings. The maximum atomic E-state index is 6.23. The first-order chi connectivity index (χ1) is 11.0. The van der Waals surface area contributed by atoms with Crippen molar-refractivity contribution in [2.24, 2.45) is 5.84 Å². The molecule has 0 aromatic carbocycles.